The molecule has 2 aliphatic heterocycles. The fraction of sp³-hybridized carbons (Fsp3) is 0.556. The van der Waals surface area contributed by atoms with Gasteiger partial charge in [0, 0.05) is 31.2 Å². The molecule has 0 radical (unpaired) electrons. The number of hydrogen-bond donors (Lipinski definition) is 1. The first kappa shape index (κ1) is 15.6. The van der Waals surface area contributed by atoms with E-state index in [4.69, 9.17) is 0 Å². The zero-order chi connectivity index (χ0) is 16.8. The Balaban J connectivity index is 1.64. The van der Waals surface area contributed by atoms with E-state index in [9.17, 15) is 9.18 Å². The summed E-state index contributed by atoms with van der Waals surface area (Å²) in [7, 11) is 0. The molecule has 2 unspecified atom stereocenters. The topological polar surface area (TPSA) is 52.2 Å². The third-order valence-electron chi connectivity index (χ3n) is 5.44. The van der Waals surface area contributed by atoms with Crippen molar-refractivity contribution in [2.24, 2.45) is 0 Å². The highest BCUT2D eigenvalue weighted by molar-refractivity contribution is 6.04. The van der Waals surface area contributed by atoms with Crippen molar-refractivity contribution in [2.75, 3.05) is 13.1 Å². The SMILES string of the molecule is CC(C)N1C2CCC1CN(C(=O)c1cc(F)cc3[nH]cnc13)CC2. The molecule has 0 saturated carbocycles. The molecule has 0 spiro atoms. The molecule has 2 fully saturated rings. The van der Waals surface area contributed by atoms with Crippen molar-refractivity contribution in [3.8, 4) is 0 Å². The summed E-state index contributed by atoms with van der Waals surface area (Å²) in [6.45, 7) is 5.90. The molecule has 0 aliphatic carbocycles. The van der Waals surface area contributed by atoms with E-state index < -0.39 is 5.82 Å². The highest BCUT2D eigenvalue weighted by atomic mass is 19.1. The van der Waals surface area contributed by atoms with Crippen LogP contribution < -0.4 is 0 Å². The molecule has 2 aliphatic rings. The van der Waals surface area contributed by atoms with Crippen molar-refractivity contribution in [3.05, 3.63) is 29.8 Å². The van der Waals surface area contributed by atoms with E-state index in [1.54, 1.807) is 0 Å². The van der Waals surface area contributed by atoms with E-state index >= 15 is 0 Å². The van der Waals surface area contributed by atoms with Crippen LogP contribution in [0.1, 0.15) is 43.5 Å². The summed E-state index contributed by atoms with van der Waals surface area (Å²) >= 11 is 0. The van der Waals surface area contributed by atoms with Crippen LogP contribution in [-0.4, -0.2) is 56.9 Å². The van der Waals surface area contributed by atoms with Crippen LogP contribution in [-0.2, 0) is 0 Å². The molecule has 1 N–H and O–H groups in total. The average Bonchev–Trinajstić information content (AvgIpc) is 3.09. The third kappa shape index (κ3) is 2.49. The van der Waals surface area contributed by atoms with Gasteiger partial charge in [-0.1, -0.05) is 0 Å². The van der Waals surface area contributed by atoms with Gasteiger partial charge in [0.2, 0.25) is 0 Å². The van der Waals surface area contributed by atoms with Crippen LogP contribution in [0.2, 0.25) is 0 Å². The lowest BCUT2D eigenvalue weighted by Gasteiger charge is -2.32. The lowest BCUT2D eigenvalue weighted by molar-refractivity contribution is 0.0729. The molecule has 5 nitrogen and oxygen atoms in total. The van der Waals surface area contributed by atoms with Gasteiger partial charge >= 0.3 is 0 Å². The fourth-order valence-corrected chi connectivity index (χ4v) is 4.49. The first-order valence-electron chi connectivity index (χ1n) is 8.74. The smallest absolute Gasteiger partial charge is 0.256 e. The number of nitrogens with one attached hydrogen (secondary N) is 1. The molecule has 24 heavy (non-hydrogen) atoms. The number of aromatic amines is 1. The molecule has 4 rings (SSSR count). The first-order valence-corrected chi connectivity index (χ1v) is 8.74. The van der Waals surface area contributed by atoms with Gasteiger partial charge < -0.3 is 9.88 Å². The Labute approximate surface area is 140 Å². The van der Waals surface area contributed by atoms with E-state index in [0.29, 0.717) is 34.7 Å². The number of hydrogen-bond acceptors (Lipinski definition) is 3. The van der Waals surface area contributed by atoms with Crippen LogP contribution in [0.25, 0.3) is 11.0 Å². The first-order chi connectivity index (χ1) is 11.5. The molecule has 1 aromatic heterocycles. The summed E-state index contributed by atoms with van der Waals surface area (Å²) in [4.78, 5) is 24.6. The number of aromatic nitrogens is 2. The van der Waals surface area contributed by atoms with Gasteiger partial charge in [-0.15, -0.1) is 0 Å². The lowest BCUT2D eigenvalue weighted by atomic mass is 10.1. The lowest BCUT2D eigenvalue weighted by Crippen LogP contribution is -2.44. The number of nitrogens with zero attached hydrogens (tertiary/aromatic N) is 3. The van der Waals surface area contributed by atoms with Gasteiger partial charge in [-0.25, -0.2) is 9.37 Å². The van der Waals surface area contributed by atoms with Crippen LogP contribution in [0, 0.1) is 5.82 Å². The maximum atomic E-state index is 13.9. The Hall–Kier alpha value is -1.95. The van der Waals surface area contributed by atoms with Crippen LogP contribution in [0.15, 0.2) is 18.5 Å². The molecule has 2 saturated heterocycles. The van der Waals surface area contributed by atoms with Gasteiger partial charge in [-0.3, -0.25) is 9.69 Å². The van der Waals surface area contributed by atoms with Gasteiger partial charge in [0.1, 0.15) is 11.3 Å². The number of carbonyl (C=O) groups excluding carboxylic acids is 1. The molecule has 2 atom stereocenters. The van der Waals surface area contributed by atoms with Crippen molar-refractivity contribution < 1.29 is 9.18 Å². The number of amides is 1. The van der Waals surface area contributed by atoms with Crippen LogP contribution in [0.4, 0.5) is 4.39 Å². The molecule has 1 aromatic carbocycles. The number of likely N-dealkylation sites (tertiary alicyclic amines) is 1. The van der Waals surface area contributed by atoms with E-state index in [0.717, 1.165) is 25.9 Å². The number of rotatable bonds is 2. The number of benzene rings is 1. The maximum Gasteiger partial charge on any atom is 0.256 e. The third-order valence-corrected chi connectivity index (χ3v) is 5.44. The Kier molecular flexibility index (Phi) is 3.79. The van der Waals surface area contributed by atoms with Gasteiger partial charge in [0.15, 0.2) is 0 Å². The van der Waals surface area contributed by atoms with Gasteiger partial charge in [0.25, 0.3) is 5.91 Å². The summed E-state index contributed by atoms with van der Waals surface area (Å²) in [5.74, 6) is -0.516. The van der Waals surface area contributed by atoms with Crippen LogP contribution in [0.3, 0.4) is 0 Å². The predicted molar refractivity (Wildman–Crippen MR) is 90.4 cm³/mol. The second-order valence-electron chi connectivity index (χ2n) is 7.22. The zero-order valence-electron chi connectivity index (χ0n) is 14.1. The molecular weight excluding hydrogens is 307 g/mol. The second kappa shape index (κ2) is 5.84. The minimum Gasteiger partial charge on any atom is -0.344 e. The van der Waals surface area contributed by atoms with Gasteiger partial charge in [-0.05, 0) is 45.2 Å². The summed E-state index contributed by atoms with van der Waals surface area (Å²) < 4.78 is 13.9. The summed E-state index contributed by atoms with van der Waals surface area (Å²) in [6, 6.07) is 4.15. The van der Waals surface area contributed by atoms with Gasteiger partial charge in [-0.2, -0.15) is 0 Å². The van der Waals surface area contributed by atoms with Crippen molar-refractivity contribution >= 4 is 16.9 Å². The Morgan fingerprint density at radius 2 is 2.08 bits per heavy atom. The van der Waals surface area contributed by atoms with E-state index in [1.165, 1.54) is 24.9 Å². The predicted octanol–water partition coefficient (Wildman–Crippen LogP) is 2.79. The minimum atomic E-state index is -0.407. The van der Waals surface area contributed by atoms with Gasteiger partial charge in [0.05, 0.1) is 17.4 Å². The van der Waals surface area contributed by atoms with E-state index in [2.05, 4.69) is 28.7 Å². The largest absolute Gasteiger partial charge is 0.344 e. The summed E-state index contributed by atoms with van der Waals surface area (Å²) in [5, 5.41) is 0. The average molecular weight is 330 g/mol. The Morgan fingerprint density at radius 3 is 2.88 bits per heavy atom. The monoisotopic (exact) mass is 330 g/mol. The standard InChI is InChI=1S/C18H23FN4O/c1-11(2)23-13-3-4-14(23)9-22(6-5-13)18(24)15-7-12(19)8-16-17(15)21-10-20-16/h7-8,10-11,13-14H,3-6,9H2,1-2H3,(H,20,21). The highest BCUT2D eigenvalue weighted by Gasteiger charge is 2.39. The van der Waals surface area contributed by atoms with Crippen LogP contribution >= 0.6 is 0 Å². The molecular formula is C18H23FN4O. The van der Waals surface area contributed by atoms with Crippen molar-refractivity contribution in [1.82, 2.24) is 19.8 Å². The van der Waals surface area contributed by atoms with E-state index in [-0.39, 0.29) is 5.91 Å². The summed E-state index contributed by atoms with van der Waals surface area (Å²) in [5.41, 5.74) is 1.48. The second-order valence-corrected chi connectivity index (χ2v) is 7.22. The number of carbonyl (C=O) groups is 1. The normalized spacial score (nSPS) is 24.8. The number of fused-ring (bicyclic) bond motifs is 3. The van der Waals surface area contributed by atoms with Crippen molar-refractivity contribution in [1.29, 1.82) is 0 Å². The quantitative estimate of drug-likeness (QED) is 0.921. The molecule has 6 heteroatoms. The molecule has 128 valence electrons. The molecule has 1 amide bonds. The molecule has 3 heterocycles. The zero-order valence-corrected chi connectivity index (χ0v) is 14.1. The Bertz CT molecular complexity index is 771. The van der Waals surface area contributed by atoms with Crippen molar-refractivity contribution in [2.45, 2.75) is 51.2 Å². The van der Waals surface area contributed by atoms with Crippen LogP contribution in [0.5, 0.6) is 0 Å². The highest BCUT2D eigenvalue weighted by Crippen LogP contribution is 2.32. The Morgan fingerprint density at radius 1 is 1.29 bits per heavy atom. The number of imidazole rings is 1. The number of H-pyrrole nitrogens is 1. The minimum absolute atomic E-state index is 0.108. The molecule has 2 bridgehead atoms. The van der Waals surface area contributed by atoms with E-state index in [1.807, 2.05) is 4.90 Å². The fourth-order valence-electron chi connectivity index (χ4n) is 4.49. The molecule has 2 aromatic rings. The summed E-state index contributed by atoms with van der Waals surface area (Å²) in [6.07, 6.45) is 4.84. The van der Waals surface area contributed by atoms with Crippen molar-refractivity contribution in [3.63, 3.8) is 0 Å². The number of halogens is 1. The maximum absolute atomic E-state index is 13.9.